The number of ether oxygens (including phenoxy) is 5. The van der Waals surface area contributed by atoms with Gasteiger partial charge in [-0.15, -0.1) is 0 Å². The third-order valence-electron chi connectivity index (χ3n) is 5.76. The molecule has 3 aromatic rings. The number of esters is 1. The summed E-state index contributed by atoms with van der Waals surface area (Å²) in [6.07, 6.45) is -2.97. The van der Waals surface area contributed by atoms with Crippen LogP contribution in [0, 0.1) is 0 Å². The molecule has 0 radical (unpaired) electrons. The van der Waals surface area contributed by atoms with Crippen LogP contribution >= 0.6 is 0 Å². The van der Waals surface area contributed by atoms with Crippen molar-refractivity contribution in [3.63, 3.8) is 0 Å². The van der Waals surface area contributed by atoms with Crippen molar-refractivity contribution in [2.24, 2.45) is 5.11 Å². The first kappa shape index (κ1) is 26.3. The molecular weight excluding hydrogens is 474 g/mol. The number of hydrogen-bond acceptors (Lipinski definition) is 7. The molecule has 37 heavy (non-hydrogen) atoms. The van der Waals surface area contributed by atoms with E-state index in [-0.39, 0.29) is 33.0 Å². The Hall–Kier alpha value is -3.72. The number of benzene rings is 3. The van der Waals surface area contributed by atoms with Crippen LogP contribution in [0.15, 0.2) is 96.1 Å². The Labute approximate surface area is 215 Å². The third-order valence-corrected chi connectivity index (χ3v) is 5.76. The summed E-state index contributed by atoms with van der Waals surface area (Å²) >= 11 is 0. The smallest absolute Gasteiger partial charge is 0.338 e. The molecule has 9 nitrogen and oxygen atoms in total. The minimum absolute atomic E-state index is 0.0510. The molecular formula is C28H29N3O6. The second kappa shape index (κ2) is 14.1. The highest BCUT2D eigenvalue weighted by Gasteiger charge is 2.45. The summed E-state index contributed by atoms with van der Waals surface area (Å²) in [5.74, 6) is -0.480. The van der Waals surface area contributed by atoms with E-state index in [1.165, 1.54) is 0 Å². The highest BCUT2D eigenvalue weighted by Crippen LogP contribution is 2.27. The number of nitrogens with zero attached hydrogens (tertiary/aromatic N) is 3. The number of carbonyl (C=O) groups is 1. The quantitative estimate of drug-likeness (QED) is 0.112. The van der Waals surface area contributed by atoms with Crippen LogP contribution in [0.4, 0.5) is 0 Å². The second-order valence-electron chi connectivity index (χ2n) is 8.36. The molecule has 0 bridgehead atoms. The predicted molar refractivity (Wildman–Crippen MR) is 135 cm³/mol. The van der Waals surface area contributed by atoms with Crippen LogP contribution in [0.25, 0.3) is 10.4 Å². The lowest BCUT2D eigenvalue weighted by Crippen LogP contribution is -2.57. The van der Waals surface area contributed by atoms with Gasteiger partial charge in [-0.2, -0.15) is 0 Å². The van der Waals surface area contributed by atoms with Gasteiger partial charge in [0.05, 0.1) is 32.0 Å². The van der Waals surface area contributed by atoms with Crippen LogP contribution in [0.3, 0.4) is 0 Å². The van der Waals surface area contributed by atoms with Crippen LogP contribution in [-0.4, -0.2) is 50.3 Å². The summed E-state index contributed by atoms with van der Waals surface area (Å²) in [6.45, 7) is 0.885. The summed E-state index contributed by atoms with van der Waals surface area (Å²) in [4.78, 5) is 15.6. The molecule has 3 aromatic carbocycles. The van der Waals surface area contributed by atoms with Gasteiger partial charge in [-0.05, 0) is 28.8 Å². The maximum atomic E-state index is 12.9. The molecule has 0 spiro atoms. The molecule has 1 aliphatic heterocycles. The Morgan fingerprint density at radius 3 is 2.00 bits per heavy atom. The summed E-state index contributed by atoms with van der Waals surface area (Å²) in [7, 11) is 0. The standard InChI is InChI=1S/C28H29N3O6/c29-31-30-16-17-33-28-26(35-19-22-12-6-2-7-13-22)25(34-18-21-10-4-1-5-11-21)24(20-36-28)37-27(32)23-14-8-3-9-15-23/h1-15,24-26,28H,16-20H2/t24-,25?,26?,28-/m1/s1. The number of rotatable bonds is 12. The van der Waals surface area contributed by atoms with Gasteiger partial charge in [0, 0.05) is 11.5 Å². The van der Waals surface area contributed by atoms with Gasteiger partial charge in [0.1, 0.15) is 12.2 Å². The van der Waals surface area contributed by atoms with E-state index in [2.05, 4.69) is 10.0 Å². The zero-order chi connectivity index (χ0) is 25.7. The lowest BCUT2D eigenvalue weighted by Gasteiger charge is -2.41. The fraction of sp³-hybridized carbons (Fsp3) is 0.321. The molecule has 4 rings (SSSR count). The molecule has 1 heterocycles. The van der Waals surface area contributed by atoms with E-state index in [1.54, 1.807) is 24.3 Å². The molecule has 0 N–H and O–H groups in total. The average Bonchev–Trinajstić information content (AvgIpc) is 2.95. The van der Waals surface area contributed by atoms with E-state index in [4.69, 9.17) is 29.2 Å². The van der Waals surface area contributed by atoms with Crippen molar-refractivity contribution in [1.29, 1.82) is 0 Å². The van der Waals surface area contributed by atoms with Crippen molar-refractivity contribution in [3.8, 4) is 0 Å². The predicted octanol–water partition coefficient (Wildman–Crippen LogP) is 5.07. The molecule has 2 unspecified atom stereocenters. The van der Waals surface area contributed by atoms with E-state index in [0.29, 0.717) is 5.56 Å². The zero-order valence-corrected chi connectivity index (χ0v) is 20.3. The van der Waals surface area contributed by atoms with Crippen molar-refractivity contribution in [2.45, 2.75) is 37.8 Å². The number of hydrogen-bond donors (Lipinski definition) is 0. The fourth-order valence-electron chi connectivity index (χ4n) is 3.93. The van der Waals surface area contributed by atoms with Gasteiger partial charge in [-0.25, -0.2) is 4.79 Å². The molecule has 1 saturated heterocycles. The van der Waals surface area contributed by atoms with Crippen molar-refractivity contribution >= 4 is 5.97 Å². The largest absolute Gasteiger partial charge is 0.453 e. The van der Waals surface area contributed by atoms with Gasteiger partial charge in [-0.3, -0.25) is 0 Å². The van der Waals surface area contributed by atoms with Gasteiger partial charge in [0.2, 0.25) is 0 Å². The van der Waals surface area contributed by atoms with Gasteiger partial charge in [0.25, 0.3) is 0 Å². The molecule has 0 aromatic heterocycles. The Morgan fingerprint density at radius 2 is 1.41 bits per heavy atom. The lowest BCUT2D eigenvalue weighted by molar-refractivity contribution is -0.291. The first-order chi connectivity index (χ1) is 18.2. The molecule has 0 aliphatic carbocycles. The zero-order valence-electron chi connectivity index (χ0n) is 20.3. The van der Waals surface area contributed by atoms with Crippen molar-refractivity contribution in [3.05, 3.63) is 118 Å². The van der Waals surface area contributed by atoms with E-state index < -0.39 is 30.6 Å². The van der Waals surface area contributed by atoms with Crippen LogP contribution < -0.4 is 0 Å². The summed E-state index contributed by atoms with van der Waals surface area (Å²) in [6, 6.07) is 28.2. The average molecular weight is 504 g/mol. The normalized spacial score (nSPS) is 21.1. The molecule has 9 heteroatoms. The SMILES string of the molecule is [N-]=[N+]=NCCO[C@@H]1OC[C@@H](OC(=O)c2ccccc2)C(OCc2ccccc2)C1OCc1ccccc1. The Kier molecular flexibility index (Phi) is 10.1. The molecule has 0 saturated carbocycles. The van der Waals surface area contributed by atoms with Gasteiger partial charge >= 0.3 is 5.97 Å². The topological polar surface area (TPSA) is 112 Å². The summed E-state index contributed by atoms with van der Waals surface area (Å²) in [5.41, 5.74) is 10.9. The van der Waals surface area contributed by atoms with Crippen LogP contribution in [0.5, 0.6) is 0 Å². The van der Waals surface area contributed by atoms with Crippen molar-refractivity contribution < 1.29 is 28.5 Å². The van der Waals surface area contributed by atoms with E-state index in [1.807, 2.05) is 66.7 Å². The lowest BCUT2D eigenvalue weighted by atomic mass is 10.0. The van der Waals surface area contributed by atoms with Gasteiger partial charge in [0.15, 0.2) is 12.4 Å². The van der Waals surface area contributed by atoms with Crippen molar-refractivity contribution in [2.75, 3.05) is 19.8 Å². The Balaban J connectivity index is 1.55. The van der Waals surface area contributed by atoms with Crippen LogP contribution in [0.2, 0.25) is 0 Å². The Morgan fingerprint density at radius 1 is 0.838 bits per heavy atom. The summed E-state index contributed by atoms with van der Waals surface area (Å²) in [5, 5.41) is 3.52. The minimum atomic E-state index is -0.815. The maximum absolute atomic E-state index is 12.9. The van der Waals surface area contributed by atoms with E-state index in [0.717, 1.165) is 11.1 Å². The third kappa shape index (κ3) is 7.88. The monoisotopic (exact) mass is 503 g/mol. The first-order valence-electron chi connectivity index (χ1n) is 12.1. The molecule has 4 atom stereocenters. The van der Waals surface area contributed by atoms with Crippen LogP contribution in [0.1, 0.15) is 21.5 Å². The molecule has 0 amide bonds. The molecule has 192 valence electrons. The van der Waals surface area contributed by atoms with Gasteiger partial charge < -0.3 is 23.7 Å². The summed E-state index contributed by atoms with van der Waals surface area (Å²) < 4.78 is 30.3. The van der Waals surface area contributed by atoms with E-state index in [9.17, 15) is 4.79 Å². The fourth-order valence-corrected chi connectivity index (χ4v) is 3.93. The highest BCUT2D eigenvalue weighted by molar-refractivity contribution is 5.89. The minimum Gasteiger partial charge on any atom is -0.453 e. The molecule has 1 fully saturated rings. The maximum Gasteiger partial charge on any atom is 0.338 e. The molecule has 1 aliphatic rings. The highest BCUT2D eigenvalue weighted by atomic mass is 16.7. The van der Waals surface area contributed by atoms with Crippen molar-refractivity contribution in [1.82, 2.24) is 0 Å². The number of azide groups is 1. The van der Waals surface area contributed by atoms with E-state index >= 15 is 0 Å². The number of carbonyl (C=O) groups excluding carboxylic acids is 1. The second-order valence-corrected chi connectivity index (χ2v) is 8.36. The first-order valence-corrected chi connectivity index (χ1v) is 12.1. The van der Waals surface area contributed by atoms with Crippen LogP contribution in [-0.2, 0) is 36.9 Å². The Bertz CT molecular complexity index is 1140. The van der Waals surface area contributed by atoms with Gasteiger partial charge in [-0.1, -0.05) is 84.0 Å².